The summed E-state index contributed by atoms with van der Waals surface area (Å²) in [6, 6.07) is 3.84. The maximum atomic E-state index is 11.7. The lowest BCUT2D eigenvalue weighted by atomic mass is 10.1. The van der Waals surface area contributed by atoms with Crippen molar-refractivity contribution in [1.82, 2.24) is 15.6 Å². The molecule has 5 nitrogen and oxygen atoms in total. The van der Waals surface area contributed by atoms with Crippen molar-refractivity contribution in [2.75, 3.05) is 6.54 Å². The van der Waals surface area contributed by atoms with E-state index in [1.165, 1.54) is 0 Å². The molecule has 1 aromatic rings. The van der Waals surface area contributed by atoms with Crippen molar-refractivity contribution in [2.45, 2.75) is 19.9 Å². The molecule has 0 saturated carbocycles. The first-order valence-electron chi connectivity index (χ1n) is 5.61. The van der Waals surface area contributed by atoms with Crippen molar-refractivity contribution in [2.24, 2.45) is 5.92 Å². The Balaban J connectivity index is 1.84. The van der Waals surface area contributed by atoms with Gasteiger partial charge in [-0.25, -0.2) is 0 Å². The number of hydrogen-bond donors (Lipinski definition) is 2. The third kappa shape index (κ3) is 3.03. The molecule has 17 heavy (non-hydrogen) atoms. The van der Waals surface area contributed by atoms with Crippen LogP contribution in [0.25, 0.3) is 0 Å². The highest BCUT2D eigenvalue weighted by Gasteiger charge is 2.27. The van der Waals surface area contributed by atoms with Gasteiger partial charge >= 0.3 is 0 Å². The Bertz CT molecular complexity index is 428. The number of carbonyl (C=O) groups excluding carboxylic acids is 2. The van der Waals surface area contributed by atoms with Crippen molar-refractivity contribution in [1.29, 1.82) is 0 Å². The molecule has 2 rings (SSSR count). The van der Waals surface area contributed by atoms with Crippen LogP contribution in [0.2, 0.25) is 0 Å². The lowest BCUT2D eigenvalue weighted by molar-refractivity contribution is -0.126. The zero-order valence-electron chi connectivity index (χ0n) is 9.69. The Labute approximate surface area is 99.6 Å². The van der Waals surface area contributed by atoms with E-state index in [4.69, 9.17) is 0 Å². The first-order chi connectivity index (χ1) is 8.15. The van der Waals surface area contributed by atoms with E-state index < -0.39 is 0 Å². The molecule has 1 aromatic heterocycles. The third-order valence-electron chi connectivity index (χ3n) is 2.79. The highest BCUT2D eigenvalue weighted by atomic mass is 16.2. The van der Waals surface area contributed by atoms with Crippen molar-refractivity contribution in [3.05, 3.63) is 29.6 Å². The second-order valence-electron chi connectivity index (χ2n) is 4.23. The minimum Gasteiger partial charge on any atom is -0.355 e. The molecule has 90 valence electrons. The predicted octanol–water partition coefficient (Wildman–Crippen LogP) is 0.142. The number of pyridine rings is 1. The van der Waals surface area contributed by atoms with Crippen LogP contribution in [0.15, 0.2) is 18.3 Å². The summed E-state index contributed by atoms with van der Waals surface area (Å²) in [6.45, 7) is 2.81. The molecule has 1 unspecified atom stereocenters. The Morgan fingerprint density at radius 3 is 3.00 bits per heavy atom. The van der Waals surface area contributed by atoms with Crippen LogP contribution in [0, 0.1) is 12.8 Å². The molecule has 2 amide bonds. The molecule has 0 radical (unpaired) electrons. The lowest BCUT2D eigenvalue weighted by Gasteiger charge is -2.08. The zero-order valence-corrected chi connectivity index (χ0v) is 9.69. The maximum absolute atomic E-state index is 11.7. The number of hydrogen-bond acceptors (Lipinski definition) is 3. The van der Waals surface area contributed by atoms with E-state index >= 15 is 0 Å². The lowest BCUT2D eigenvalue weighted by Crippen LogP contribution is -2.31. The smallest absolute Gasteiger partial charge is 0.225 e. The highest BCUT2D eigenvalue weighted by Crippen LogP contribution is 2.09. The van der Waals surface area contributed by atoms with E-state index in [9.17, 15) is 9.59 Å². The van der Waals surface area contributed by atoms with E-state index in [-0.39, 0.29) is 24.2 Å². The second kappa shape index (κ2) is 4.95. The average molecular weight is 233 g/mol. The molecule has 0 aromatic carbocycles. The number of aromatic nitrogens is 1. The van der Waals surface area contributed by atoms with Crippen LogP contribution in [0.3, 0.4) is 0 Å². The van der Waals surface area contributed by atoms with E-state index in [0.717, 1.165) is 11.3 Å². The summed E-state index contributed by atoms with van der Waals surface area (Å²) in [7, 11) is 0. The third-order valence-corrected chi connectivity index (χ3v) is 2.79. The SMILES string of the molecule is Cc1ccc(CNC(=O)C2CNC(=O)C2)cn1. The Morgan fingerprint density at radius 2 is 2.41 bits per heavy atom. The molecule has 0 bridgehead atoms. The van der Waals surface area contributed by atoms with E-state index in [1.54, 1.807) is 6.20 Å². The predicted molar refractivity (Wildman–Crippen MR) is 61.9 cm³/mol. The fourth-order valence-electron chi connectivity index (χ4n) is 1.73. The minimum absolute atomic E-state index is 0.0536. The number of rotatable bonds is 3. The average Bonchev–Trinajstić information content (AvgIpc) is 2.75. The molecule has 1 aliphatic rings. The Morgan fingerprint density at radius 1 is 1.59 bits per heavy atom. The van der Waals surface area contributed by atoms with Crippen LogP contribution < -0.4 is 10.6 Å². The summed E-state index contributed by atoms with van der Waals surface area (Å²) in [6.07, 6.45) is 2.03. The van der Waals surface area contributed by atoms with Gasteiger partial charge in [0.1, 0.15) is 0 Å². The molecular weight excluding hydrogens is 218 g/mol. The molecule has 0 spiro atoms. The summed E-state index contributed by atoms with van der Waals surface area (Å²) >= 11 is 0. The van der Waals surface area contributed by atoms with Gasteiger partial charge in [-0.05, 0) is 18.6 Å². The standard InChI is InChI=1S/C12H15N3O2/c1-8-2-3-9(5-13-8)6-15-12(17)10-4-11(16)14-7-10/h2-3,5,10H,4,6-7H2,1H3,(H,14,16)(H,15,17). The molecule has 1 saturated heterocycles. The van der Waals surface area contributed by atoms with Crippen LogP contribution in [-0.4, -0.2) is 23.3 Å². The van der Waals surface area contributed by atoms with Gasteiger partial charge in [0, 0.05) is 31.4 Å². The fourth-order valence-corrected chi connectivity index (χ4v) is 1.73. The number of nitrogens with zero attached hydrogens (tertiary/aromatic N) is 1. The summed E-state index contributed by atoms with van der Waals surface area (Å²) in [5.74, 6) is -0.369. The van der Waals surface area contributed by atoms with E-state index in [0.29, 0.717) is 13.1 Å². The maximum Gasteiger partial charge on any atom is 0.225 e. The van der Waals surface area contributed by atoms with Gasteiger partial charge in [0.25, 0.3) is 0 Å². The van der Waals surface area contributed by atoms with Gasteiger partial charge in [0.15, 0.2) is 0 Å². The minimum atomic E-state index is -0.235. The van der Waals surface area contributed by atoms with Gasteiger partial charge in [-0.3, -0.25) is 14.6 Å². The first-order valence-corrected chi connectivity index (χ1v) is 5.61. The molecule has 2 N–H and O–H groups in total. The molecule has 2 heterocycles. The molecule has 5 heteroatoms. The second-order valence-corrected chi connectivity index (χ2v) is 4.23. The summed E-state index contributed by atoms with van der Waals surface area (Å²) in [5, 5.41) is 5.45. The number of aryl methyl sites for hydroxylation is 1. The van der Waals surface area contributed by atoms with Crippen LogP contribution in [0.4, 0.5) is 0 Å². The van der Waals surface area contributed by atoms with E-state index in [1.807, 2.05) is 19.1 Å². The largest absolute Gasteiger partial charge is 0.355 e. The van der Waals surface area contributed by atoms with Crippen LogP contribution in [0.1, 0.15) is 17.7 Å². The van der Waals surface area contributed by atoms with Gasteiger partial charge in [-0.1, -0.05) is 6.07 Å². The normalized spacial score (nSPS) is 18.9. The van der Waals surface area contributed by atoms with Crippen molar-refractivity contribution < 1.29 is 9.59 Å². The monoisotopic (exact) mass is 233 g/mol. The van der Waals surface area contributed by atoms with Gasteiger partial charge in [0.2, 0.25) is 11.8 Å². The number of nitrogens with one attached hydrogen (secondary N) is 2. The Kier molecular flexibility index (Phi) is 3.37. The highest BCUT2D eigenvalue weighted by molar-refractivity contribution is 5.89. The van der Waals surface area contributed by atoms with Gasteiger partial charge < -0.3 is 10.6 Å². The fraction of sp³-hybridized carbons (Fsp3) is 0.417. The van der Waals surface area contributed by atoms with Crippen molar-refractivity contribution in [3.63, 3.8) is 0 Å². The van der Waals surface area contributed by atoms with Crippen molar-refractivity contribution in [3.8, 4) is 0 Å². The van der Waals surface area contributed by atoms with Crippen LogP contribution in [-0.2, 0) is 16.1 Å². The summed E-state index contributed by atoms with van der Waals surface area (Å²) in [5.41, 5.74) is 1.91. The summed E-state index contributed by atoms with van der Waals surface area (Å²) in [4.78, 5) is 26.8. The first kappa shape index (κ1) is 11.6. The van der Waals surface area contributed by atoms with Crippen LogP contribution in [0.5, 0.6) is 0 Å². The summed E-state index contributed by atoms with van der Waals surface area (Å²) < 4.78 is 0. The van der Waals surface area contributed by atoms with E-state index in [2.05, 4.69) is 15.6 Å². The zero-order chi connectivity index (χ0) is 12.3. The quantitative estimate of drug-likeness (QED) is 0.780. The number of carbonyl (C=O) groups is 2. The molecule has 0 aliphatic carbocycles. The van der Waals surface area contributed by atoms with Gasteiger partial charge in [-0.2, -0.15) is 0 Å². The van der Waals surface area contributed by atoms with Gasteiger partial charge in [-0.15, -0.1) is 0 Å². The van der Waals surface area contributed by atoms with Crippen LogP contribution >= 0.6 is 0 Å². The molecule has 1 fully saturated rings. The molecule has 1 atom stereocenters. The topological polar surface area (TPSA) is 71.1 Å². The van der Waals surface area contributed by atoms with Gasteiger partial charge in [0.05, 0.1) is 5.92 Å². The molecular formula is C12H15N3O2. The Hall–Kier alpha value is -1.91. The van der Waals surface area contributed by atoms with Crippen molar-refractivity contribution >= 4 is 11.8 Å². The number of amides is 2. The molecule has 1 aliphatic heterocycles.